The van der Waals surface area contributed by atoms with Crippen molar-refractivity contribution in [3.8, 4) is 5.69 Å². The highest BCUT2D eigenvalue weighted by molar-refractivity contribution is 7.86. The molecule has 2 aromatic rings. The second-order valence-electron chi connectivity index (χ2n) is 4.32. The first-order valence-electron chi connectivity index (χ1n) is 5.65. The maximum absolute atomic E-state index is 11.5. The number of aryl methyl sites for hydroxylation is 1. The summed E-state index contributed by atoms with van der Waals surface area (Å²) in [6, 6.07) is 3.87. The van der Waals surface area contributed by atoms with Gasteiger partial charge in [0.2, 0.25) is 0 Å². The van der Waals surface area contributed by atoms with Gasteiger partial charge in [-0.1, -0.05) is 0 Å². The van der Waals surface area contributed by atoms with Crippen molar-refractivity contribution in [3.05, 3.63) is 35.7 Å². The first-order valence-corrected chi connectivity index (χ1v) is 8.53. The Balaban J connectivity index is 2.85. The Morgan fingerprint density at radius 3 is 2.23 bits per heavy atom. The summed E-state index contributed by atoms with van der Waals surface area (Å²) in [5.74, 6) is 0. The Kier molecular flexibility index (Phi) is 3.91. The van der Waals surface area contributed by atoms with E-state index >= 15 is 0 Å². The van der Waals surface area contributed by atoms with Gasteiger partial charge in [-0.2, -0.15) is 21.9 Å². The molecule has 0 bridgehead atoms. The Morgan fingerprint density at radius 1 is 1.09 bits per heavy atom. The number of hydrogen-bond donors (Lipinski definition) is 2. The Bertz CT molecular complexity index is 958. The van der Waals surface area contributed by atoms with Crippen molar-refractivity contribution in [2.75, 3.05) is 0 Å². The molecule has 1 aromatic heterocycles. The van der Waals surface area contributed by atoms with Gasteiger partial charge in [-0.05, 0) is 31.2 Å². The van der Waals surface area contributed by atoms with Crippen molar-refractivity contribution >= 4 is 26.5 Å². The summed E-state index contributed by atoms with van der Waals surface area (Å²) in [6.07, 6.45) is 0.421. The summed E-state index contributed by atoms with van der Waals surface area (Å²) in [4.78, 5) is 9.46. The normalized spacial score (nSPS) is 12.3. The van der Waals surface area contributed by atoms with Crippen molar-refractivity contribution in [1.29, 1.82) is 0 Å². The Hall–Kier alpha value is -2.08. The number of carbonyl (C=O) groups is 1. The van der Waals surface area contributed by atoms with Gasteiger partial charge in [-0.3, -0.25) is 13.9 Å². The number of aldehydes is 1. The molecule has 0 aliphatic heterocycles. The van der Waals surface area contributed by atoms with Gasteiger partial charge in [-0.25, -0.2) is 4.68 Å². The van der Waals surface area contributed by atoms with Gasteiger partial charge in [0.1, 0.15) is 10.6 Å². The number of carbonyl (C=O) groups excluding carboxylic acids is 1. The van der Waals surface area contributed by atoms with E-state index in [2.05, 4.69) is 5.10 Å². The van der Waals surface area contributed by atoms with Gasteiger partial charge in [0.05, 0.1) is 16.3 Å². The number of nitrogens with zero attached hydrogens (tertiary/aromatic N) is 2. The third-order valence-corrected chi connectivity index (χ3v) is 4.45. The van der Waals surface area contributed by atoms with E-state index < -0.39 is 30.0 Å². The van der Waals surface area contributed by atoms with E-state index in [0.717, 1.165) is 16.8 Å². The molecule has 2 rings (SSSR count). The summed E-state index contributed by atoms with van der Waals surface area (Å²) < 4.78 is 64.3. The summed E-state index contributed by atoms with van der Waals surface area (Å²) >= 11 is 0. The van der Waals surface area contributed by atoms with Gasteiger partial charge in [0.15, 0.2) is 6.29 Å². The predicted octanol–water partition coefficient (Wildman–Crippen LogP) is 0.487. The first-order chi connectivity index (χ1) is 10.0. The molecule has 0 amide bonds. The molecule has 9 nitrogen and oxygen atoms in total. The number of rotatable bonds is 4. The predicted molar refractivity (Wildman–Crippen MR) is 73.3 cm³/mol. The van der Waals surface area contributed by atoms with Crippen LogP contribution in [0, 0.1) is 6.92 Å². The molecule has 0 atom stereocenters. The van der Waals surface area contributed by atoms with Crippen LogP contribution < -0.4 is 0 Å². The summed E-state index contributed by atoms with van der Waals surface area (Å²) in [6.45, 7) is 1.56. The second kappa shape index (κ2) is 5.28. The van der Waals surface area contributed by atoms with Crippen LogP contribution in [-0.4, -0.2) is 42.0 Å². The molecule has 0 spiro atoms. The standard InChI is InChI=1S/C11H10N2O7S2/c1-7-4-8(6-14)13(12-7)10-3-2-9(21(15,16)17)5-11(10)22(18,19)20/h2-6H,1H3,(H,15,16,17)(H,18,19,20). The fraction of sp³-hybridized carbons (Fsp3) is 0.0909. The zero-order valence-corrected chi connectivity index (χ0v) is 12.7. The third-order valence-electron chi connectivity index (χ3n) is 2.72. The zero-order valence-electron chi connectivity index (χ0n) is 11.0. The van der Waals surface area contributed by atoms with Crippen LogP contribution in [0.1, 0.15) is 16.2 Å². The fourth-order valence-electron chi connectivity index (χ4n) is 1.83. The first kappa shape index (κ1) is 16.3. The van der Waals surface area contributed by atoms with Gasteiger partial charge in [0, 0.05) is 0 Å². The maximum atomic E-state index is 11.5. The Morgan fingerprint density at radius 2 is 1.73 bits per heavy atom. The molecule has 118 valence electrons. The minimum absolute atomic E-state index is 0.00186. The van der Waals surface area contributed by atoms with E-state index in [1.807, 2.05) is 0 Å². The van der Waals surface area contributed by atoms with Crippen LogP contribution in [0.25, 0.3) is 5.69 Å². The van der Waals surface area contributed by atoms with Crippen LogP contribution in [-0.2, 0) is 20.2 Å². The molecule has 0 aliphatic carbocycles. The van der Waals surface area contributed by atoms with Crippen molar-refractivity contribution in [2.24, 2.45) is 0 Å². The van der Waals surface area contributed by atoms with Crippen molar-refractivity contribution in [1.82, 2.24) is 9.78 Å². The lowest BCUT2D eigenvalue weighted by Gasteiger charge is -2.10. The van der Waals surface area contributed by atoms with E-state index in [0.29, 0.717) is 18.0 Å². The number of aromatic nitrogens is 2. The zero-order chi connectivity index (χ0) is 16.7. The Labute approximate surface area is 125 Å². The second-order valence-corrected chi connectivity index (χ2v) is 7.13. The summed E-state index contributed by atoms with van der Waals surface area (Å²) in [5.41, 5.74) is 0.175. The minimum atomic E-state index is -4.83. The topological polar surface area (TPSA) is 144 Å². The van der Waals surface area contributed by atoms with Crippen LogP contribution in [0.3, 0.4) is 0 Å². The van der Waals surface area contributed by atoms with Crippen LogP contribution in [0.15, 0.2) is 34.1 Å². The van der Waals surface area contributed by atoms with E-state index in [1.54, 1.807) is 6.92 Å². The third kappa shape index (κ3) is 3.06. The van der Waals surface area contributed by atoms with Crippen LogP contribution in [0.4, 0.5) is 0 Å². The quantitative estimate of drug-likeness (QED) is 0.601. The smallest absolute Gasteiger partial charge is 0.296 e. The molecule has 0 saturated carbocycles. The van der Waals surface area contributed by atoms with Crippen molar-refractivity contribution in [3.63, 3.8) is 0 Å². The lowest BCUT2D eigenvalue weighted by atomic mass is 10.3. The van der Waals surface area contributed by atoms with Crippen LogP contribution in [0.2, 0.25) is 0 Å². The SMILES string of the molecule is Cc1cc(C=O)n(-c2ccc(S(=O)(=O)O)cc2S(=O)(=O)O)n1. The highest BCUT2D eigenvalue weighted by Gasteiger charge is 2.23. The molecular weight excluding hydrogens is 336 g/mol. The van der Waals surface area contributed by atoms with Gasteiger partial charge in [-0.15, -0.1) is 0 Å². The van der Waals surface area contributed by atoms with Crippen LogP contribution >= 0.6 is 0 Å². The molecule has 1 heterocycles. The number of benzene rings is 1. The van der Waals surface area contributed by atoms with Crippen molar-refractivity contribution < 1.29 is 30.7 Å². The molecule has 0 unspecified atom stereocenters. The molecule has 11 heteroatoms. The van der Waals surface area contributed by atoms with E-state index in [-0.39, 0.29) is 11.4 Å². The average Bonchev–Trinajstić information content (AvgIpc) is 2.77. The molecule has 0 saturated heterocycles. The maximum Gasteiger partial charge on any atom is 0.296 e. The monoisotopic (exact) mass is 346 g/mol. The molecule has 22 heavy (non-hydrogen) atoms. The molecule has 1 aromatic carbocycles. The minimum Gasteiger partial charge on any atom is -0.296 e. The van der Waals surface area contributed by atoms with Gasteiger partial charge >= 0.3 is 0 Å². The van der Waals surface area contributed by atoms with Crippen LogP contribution in [0.5, 0.6) is 0 Å². The lowest BCUT2D eigenvalue weighted by molar-refractivity contribution is 0.111. The molecule has 0 aliphatic rings. The highest BCUT2D eigenvalue weighted by atomic mass is 32.2. The van der Waals surface area contributed by atoms with Gasteiger partial charge in [0.25, 0.3) is 20.2 Å². The van der Waals surface area contributed by atoms with Gasteiger partial charge < -0.3 is 0 Å². The fourth-order valence-corrected chi connectivity index (χ4v) is 3.11. The summed E-state index contributed by atoms with van der Waals surface area (Å²) in [7, 11) is -9.50. The lowest BCUT2D eigenvalue weighted by Crippen LogP contribution is -2.11. The molecule has 0 radical (unpaired) electrons. The molecule has 0 fully saturated rings. The van der Waals surface area contributed by atoms with E-state index in [1.165, 1.54) is 6.07 Å². The summed E-state index contributed by atoms with van der Waals surface area (Å²) in [5, 5.41) is 3.92. The average molecular weight is 346 g/mol. The largest absolute Gasteiger partial charge is 0.296 e. The number of hydrogen-bond acceptors (Lipinski definition) is 6. The van der Waals surface area contributed by atoms with Crippen molar-refractivity contribution in [2.45, 2.75) is 16.7 Å². The molecule has 2 N–H and O–H groups in total. The molecular formula is C11H10N2O7S2. The highest BCUT2D eigenvalue weighted by Crippen LogP contribution is 2.24. The van der Waals surface area contributed by atoms with E-state index in [9.17, 15) is 26.2 Å². The van der Waals surface area contributed by atoms with E-state index in [4.69, 9.17) is 4.55 Å².